The summed E-state index contributed by atoms with van der Waals surface area (Å²) < 4.78 is 0. The summed E-state index contributed by atoms with van der Waals surface area (Å²) in [7, 11) is 0. The van der Waals surface area contributed by atoms with Crippen molar-refractivity contribution in [1.82, 2.24) is 5.32 Å². The predicted molar refractivity (Wildman–Crippen MR) is 98.6 cm³/mol. The SMILES string of the molecule is Nc1ccc(C2CCC(NCCCc3ccccc3)CC2)cc1. The molecule has 0 aliphatic heterocycles. The van der Waals surface area contributed by atoms with Crippen LogP contribution in [0.15, 0.2) is 54.6 Å². The van der Waals surface area contributed by atoms with Crippen LogP contribution >= 0.6 is 0 Å². The molecule has 1 aliphatic rings. The van der Waals surface area contributed by atoms with E-state index in [1.165, 1.54) is 49.7 Å². The van der Waals surface area contributed by atoms with Crippen molar-refractivity contribution in [1.29, 1.82) is 0 Å². The molecule has 0 unspecified atom stereocenters. The van der Waals surface area contributed by atoms with Crippen LogP contribution in [-0.2, 0) is 6.42 Å². The topological polar surface area (TPSA) is 38.0 Å². The molecule has 0 radical (unpaired) electrons. The molecule has 23 heavy (non-hydrogen) atoms. The van der Waals surface area contributed by atoms with Crippen LogP contribution < -0.4 is 11.1 Å². The van der Waals surface area contributed by atoms with Crippen molar-refractivity contribution in [3.05, 3.63) is 65.7 Å². The molecule has 1 fully saturated rings. The van der Waals surface area contributed by atoms with E-state index >= 15 is 0 Å². The number of hydrogen-bond donors (Lipinski definition) is 2. The van der Waals surface area contributed by atoms with Crippen LogP contribution in [0.2, 0.25) is 0 Å². The summed E-state index contributed by atoms with van der Waals surface area (Å²) in [5.41, 5.74) is 9.55. The molecule has 0 spiro atoms. The highest BCUT2D eigenvalue weighted by molar-refractivity contribution is 5.40. The first-order valence-electron chi connectivity index (χ1n) is 8.94. The summed E-state index contributed by atoms with van der Waals surface area (Å²) in [6.07, 6.45) is 7.57. The van der Waals surface area contributed by atoms with Gasteiger partial charge in [-0.1, -0.05) is 42.5 Å². The Balaban J connectivity index is 1.35. The molecule has 2 aromatic carbocycles. The maximum atomic E-state index is 5.78. The second-order valence-corrected chi connectivity index (χ2v) is 6.76. The van der Waals surface area contributed by atoms with Gasteiger partial charge < -0.3 is 11.1 Å². The summed E-state index contributed by atoms with van der Waals surface area (Å²) in [6.45, 7) is 1.13. The van der Waals surface area contributed by atoms with Crippen molar-refractivity contribution >= 4 is 5.69 Å². The van der Waals surface area contributed by atoms with Gasteiger partial charge in [0.2, 0.25) is 0 Å². The van der Waals surface area contributed by atoms with Crippen LogP contribution in [0.1, 0.15) is 49.1 Å². The lowest BCUT2D eigenvalue weighted by Crippen LogP contribution is -2.33. The Morgan fingerprint density at radius 2 is 1.57 bits per heavy atom. The normalized spacial score (nSPS) is 21.2. The molecule has 2 heteroatoms. The summed E-state index contributed by atoms with van der Waals surface area (Å²) in [5, 5.41) is 3.75. The molecule has 3 rings (SSSR count). The monoisotopic (exact) mass is 308 g/mol. The second kappa shape index (κ2) is 8.16. The summed E-state index contributed by atoms with van der Waals surface area (Å²) >= 11 is 0. The lowest BCUT2D eigenvalue weighted by atomic mass is 9.81. The van der Waals surface area contributed by atoms with E-state index in [1.54, 1.807) is 0 Å². The number of benzene rings is 2. The average Bonchev–Trinajstić information content (AvgIpc) is 2.61. The van der Waals surface area contributed by atoms with Gasteiger partial charge in [0.05, 0.1) is 0 Å². The zero-order valence-electron chi connectivity index (χ0n) is 13.9. The molecule has 0 amide bonds. The molecule has 2 nitrogen and oxygen atoms in total. The Bertz CT molecular complexity index is 569. The van der Waals surface area contributed by atoms with Gasteiger partial charge in [0.15, 0.2) is 0 Å². The minimum Gasteiger partial charge on any atom is -0.399 e. The zero-order valence-corrected chi connectivity index (χ0v) is 13.9. The van der Waals surface area contributed by atoms with Crippen molar-refractivity contribution in [2.45, 2.75) is 50.5 Å². The minimum absolute atomic E-state index is 0.704. The lowest BCUT2D eigenvalue weighted by Gasteiger charge is -2.29. The number of hydrogen-bond acceptors (Lipinski definition) is 2. The third kappa shape index (κ3) is 4.84. The van der Waals surface area contributed by atoms with E-state index in [0.717, 1.165) is 18.2 Å². The number of anilines is 1. The molecule has 3 N–H and O–H groups in total. The first kappa shape index (κ1) is 16.1. The van der Waals surface area contributed by atoms with E-state index in [1.807, 2.05) is 12.1 Å². The molecule has 122 valence electrons. The van der Waals surface area contributed by atoms with Crippen LogP contribution in [-0.4, -0.2) is 12.6 Å². The highest BCUT2D eigenvalue weighted by Crippen LogP contribution is 2.33. The van der Waals surface area contributed by atoms with Crippen LogP contribution in [0.3, 0.4) is 0 Å². The molecule has 0 aromatic heterocycles. The third-order valence-electron chi connectivity index (χ3n) is 5.05. The number of nitrogens with one attached hydrogen (secondary N) is 1. The molecule has 0 heterocycles. The fraction of sp³-hybridized carbons (Fsp3) is 0.429. The number of nitrogen functional groups attached to an aromatic ring is 1. The van der Waals surface area contributed by atoms with Gasteiger partial charge in [-0.15, -0.1) is 0 Å². The number of nitrogens with two attached hydrogens (primary N) is 1. The van der Waals surface area contributed by atoms with E-state index in [2.05, 4.69) is 47.8 Å². The standard InChI is InChI=1S/C21H28N2/c22-20-12-8-18(9-13-20)19-10-14-21(15-11-19)23-16-4-7-17-5-2-1-3-6-17/h1-3,5-6,8-9,12-13,19,21,23H,4,7,10-11,14-16,22H2. The van der Waals surface area contributed by atoms with Crippen molar-refractivity contribution in [3.63, 3.8) is 0 Å². The maximum absolute atomic E-state index is 5.78. The second-order valence-electron chi connectivity index (χ2n) is 6.76. The van der Waals surface area contributed by atoms with Gasteiger partial charge in [0.1, 0.15) is 0 Å². The Morgan fingerprint density at radius 1 is 0.870 bits per heavy atom. The first-order chi connectivity index (χ1) is 11.3. The first-order valence-corrected chi connectivity index (χ1v) is 8.94. The highest BCUT2D eigenvalue weighted by atomic mass is 14.9. The van der Waals surface area contributed by atoms with Gasteiger partial charge in [0, 0.05) is 11.7 Å². The number of rotatable bonds is 6. The Hall–Kier alpha value is -1.80. The molecular formula is C21H28N2. The predicted octanol–water partition coefficient (Wildman–Crippen LogP) is 4.52. The van der Waals surface area contributed by atoms with Crippen LogP contribution in [0.4, 0.5) is 5.69 Å². The Morgan fingerprint density at radius 3 is 2.26 bits per heavy atom. The third-order valence-corrected chi connectivity index (χ3v) is 5.05. The van der Waals surface area contributed by atoms with E-state index in [9.17, 15) is 0 Å². The van der Waals surface area contributed by atoms with Gasteiger partial charge >= 0.3 is 0 Å². The van der Waals surface area contributed by atoms with Gasteiger partial charge in [-0.3, -0.25) is 0 Å². The smallest absolute Gasteiger partial charge is 0.0314 e. The van der Waals surface area contributed by atoms with Gasteiger partial charge in [0.25, 0.3) is 0 Å². The lowest BCUT2D eigenvalue weighted by molar-refractivity contribution is 0.342. The van der Waals surface area contributed by atoms with Crippen molar-refractivity contribution < 1.29 is 0 Å². The van der Waals surface area contributed by atoms with Crippen LogP contribution in [0.5, 0.6) is 0 Å². The summed E-state index contributed by atoms with van der Waals surface area (Å²) in [6, 6.07) is 19.9. The van der Waals surface area contributed by atoms with Gasteiger partial charge in [-0.2, -0.15) is 0 Å². The molecule has 0 bridgehead atoms. The molecule has 0 saturated heterocycles. The van der Waals surface area contributed by atoms with Gasteiger partial charge in [-0.25, -0.2) is 0 Å². The molecular weight excluding hydrogens is 280 g/mol. The van der Waals surface area contributed by atoms with Crippen LogP contribution in [0.25, 0.3) is 0 Å². The van der Waals surface area contributed by atoms with Crippen molar-refractivity contribution in [3.8, 4) is 0 Å². The van der Waals surface area contributed by atoms with Crippen molar-refractivity contribution in [2.75, 3.05) is 12.3 Å². The van der Waals surface area contributed by atoms with Crippen LogP contribution in [0, 0.1) is 0 Å². The summed E-state index contributed by atoms with van der Waals surface area (Å²) in [5.74, 6) is 0.720. The fourth-order valence-corrected chi connectivity index (χ4v) is 3.64. The van der Waals surface area contributed by atoms with Crippen molar-refractivity contribution in [2.24, 2.45) is 0 Å². The largest absolute Gasteiger partial charge is 0.399 e. The quantitative estimate of drug-likeness (QED) is 0.608. The zero-order chi connectivity index (χ0) is 15.9. The molecule has 0 atom stereocenters. The summed E-state index contributed by atoms with van der Waals surface area (Å²) in [4.78, 5) is 0. The van der Waals surface area contributed by atoms with E-state index in [4.69, 9.17) is 5.73 Å². The van der Waals surface area contributed by atoms with E-state index < -0.39 is 0 Å². The molecule has 2 aromatic rings. The average molecular weight is 308 g/mol. The molecule has 1 saturated carbocycles. The minimum atomic E-state index is 0.704. The van der Waals surface area contributed by atoms with Gasteiger partial charge in [-0.05, 0) is 74.2 Å². The molecule has 1 aliphatic carbocycles. The Kier molecular flexibility index (Phi) is 5.71. The van der Waals surface area contributed by atoms with E-state index in [0.29, 0.717) is 6.04 Å². The highest BCUT2D eigenvalue weighted by Gasteiger charge is 2.21. The Labute approximate surface area is 140 Å². The maximum Gasteiger partial charge on any atom is 0.0314 e. The van der Waals surface area contributed by atoms with E-state index in [-0.39, 0.29) is 0 Å². The number of aryl methyl sites for hydroxylation is 1. The fourth-order valence-electron chi connectivity index (χ4n) is 3.64.